The Balaban J connectivity index is 2.14. The molecular formula is C14H22N2O2. The summed E-state index contributed by atoms with van der Waals surface area (Å²) in [5.74, 6) is 0. The van der Waals surface area contributed by atoms with Crippen molar-refractivity contribution in [1.82, 2.24) is 4.90 Å². The molecule has 0 aliphatic carbocycles. The van der Waals surface area contributed by atoms with Gasteiger partial charge in [0.2, 0.25) is 0 Å². The maximum absolute atomic E-state index is 12.1. The molecule has 2 heterocycles. The fourth-order valence-corrected chi connectivity index (χ4v) is 2.50. The fraction of sp³-hybridized carbons (Fsp3) is 0.714. The lowest BCUT2D eigenvalue weighted by Crippen LogP contribution is -2.47. The van der Waals surface area contributed by atoms with Crippen molar-refractivity contribution in [3.63, 3.8) is 0 Å². The molecule has 0 fully saturated rings. The lowest BCUT2D eigenvalue weighted by atomic mass is 9.79. The molecule has 1 amide bonds. The average molecular weight is 250 g/mol. The molecule has 4 nitrogen and oxygen atoms in total. The summed E-state index contributed by atoms with van der Waals surface area (Å²) < 4.78 is 5.44. The van der Waals surface area contributed by atoms with Crippen molar-refractivity contribution in [2.45, 2.75) is 40.2 Å². The number of carbonyl (C=O) groups is 1. The predicted molar refractivity (Wildman–Crippen MR) is 72.0 cm³/mol. The first-order valence-corrected chi connectivity index (χ1v) is 6.39. The van der Waals surface area contributed by atoms with E-state index in [2.05, 4.69) is 18.8 Å². The van der Waals surface area contributed by atoms with Crippen LogP contribution < -0.4 is 0 Å². The minimum Gasteiger partial charge on any atom is -0.444 e. The normalized spacial score (nSPS) is 22.2. The van der Waals surface area contributed by atoms with E-state index in [9.17, 15) is 4.79 Å². The molecule has 2 rings (SSSR count). The van der Waals surface area contributed by atoms with Crippen LogP contribution in [0.15, 0.2) is 16.1 Å². The zero-order chi connectivity index (χ0) is 13.6. The van der Waals surface area contributed by atoms with Crippen molar-refractivity contribution in [1.29, 1.82) is 0 Å². The average Bonchev–Trinajstić information content (AvgIpc) is 2.62. The van der Waals surface area contributed by atoms with Gasteiger partial charge in [-0.1, -0.05) is 13.8 Å². The summed E-state index contributed by atoms with van der Waals surface area (Å²) in [6.45, 7) is 12.1. The van der Waals surface area contributed by atoms with Crippen LogP contribution in [0.2, 0.25) is 0 Å². The van der Waals surface area contributed by atoms with Gasteiger partial charge in [0, 0.05) is 18.2 Å². The van der Waals surface area contributed by atoms with Crippen molar-refractivity contribution >= 4 is 12.3 Å². The SMILES string of the molecule is CC(C)(C)OC(=O)N1CC2=C(CN=C2)C(C)(C)C1. The Bertz CT molecular complexity index is 428. The van der Waals surface area contributed by atoms with Crippen LogP contribution in [-0.4, -0.2) is 42.4 Å². The van der Waals surface area contributed by atoms with Crippen LogP contribution in [0.1, 0.15) is 34.6 Å². The van der Waals surface area contributed by atoms with Crippen molar-refractivity contribution in [3.05, 3.63) is 11.1 Å². The van der Waals surface area contributed by atoms with E-state index in [0.717, 1.165) is 6.54 Å². The number of rotatable bonds is 0. The van der Waals surface area contributed by atoms with Crippen LogP contribution in [0, 0.1) is 5.41 Å². The second-order valence-electron chi connectivity index (χ2n) is 6.69. The lowest BCUT2D eigenvalue weighted by molar-refractivity contribution is 0.0200. The molecule has 100 valence electrons. The summed E-state index contributed by atoms with van der Waals surface area (Å²) in [5.41, 5.74) is 2.08. The van der Waals surface area contributed by atoms with Gasteiger partial charge in [0.05, 0.1) is 13.1 Å². The molecule has 0 saturated heterocycles. The molecule has 2 aliphatic heterocycles. The number of amides is 1. The topological polar surface area (TPSA) is 41.9 Å². The zero-order valence-electron chi connectivity index (χ0n) is 11.9. The van der Waals surface area contributed by atoms with Crippen LogP contribution >= 0.6 is 0 Å². The van der Waals surface area contributed by atoms with Gasteiger partial charge in [-0.15, -0.1) is 0 Å². The molecule has 0 N–H and O–H groups in total. The van der Waals surface area contributed by atoms with Crippen LogP contribution in [0.25, 0.3) is 0 Å². The van der Waals surface area contributed by atoms with E-state index in [1.807, 2.05) is 27.0 Å². The van der Waals surface area contributed by atoms with Crippen molar-refractivity contribution in [2.75, 3.05) is 19.6 Å². The van der Waals surface area contributed by atoms with Gasteiger partial charge in [0.15, 0.2) is 0 Å². The van der Waals surface area contributed by atoms with Gasteiger partial charge >= 0.3 is 6.09 Å². The molecule has 0 spiro atoms. The number of carbonyl (C=O) groups excluding carboxylic acids is 1. The molecule has 18 heavy (non-hydrogen) atoms. The standard InChI is InChI=1S/C14H22N2O2/c1-13(2,3)18-12(17)16-8-10-6-15-7-11(10)14(4,5)9-16/h6H,7-9H2,1-5H3. The first-order chi connectivity index (χ1) is 8.19. The Morgan fingerprint density at radius 3 is 2.72 bits per heavy atom. The van der Waals surface area contributed by atoms with E-state index >= 15 is 0 Å². The maximum Gasteiger partial charge on any atom is 0.410 e. The quantitative estimate of drug-likeness (QED) is 0.663. The minimum atomic E-state index is -0.445. The fourth-order valence-electron chi connectivity index (χ4n) is 2.50. The molecule has 0 radical (unpaired) electrons. The monoisotopic (exact) mass is 250 g/mol. The van der Waals surface area contributed by atoms with Crippen LogP contribution in [-0.2, 0) is 4.74 Å². The van der Waals surface area contributed by atoms with E-state index in [-0.39, 0.29) is 11.5 Å². The van der Waals surface area contributed by atoms with Gasteiger partial charge < -0.3 is 9.64 Å². The summed E-state index contributed by atoms with van der Waals surface area (Å²) >= 11 is 0. The summed E-state index contributed by atoms with van der Waals surface area (Å²) in [4.78, 5) is 18.2. The first-order valence-electron chi connectivity index (χ1n) is 6.39. The Hall–Kier alpha value is -1.32. The second kappa shape index (κ2) is 4.11. The van der Waals surface area contributed by atoms with E-state index < -0.39 is 5.60 Å². The maximum atomic E-state index is 12.1. The molecule has 0 bridgehead atoms. The van der Waals surface area contributed by atoms with E-state index in [0.29, 0.717) is 13.1 Å². The third kappa shape index (κ3) is 2.57. The molecule has 0 aromatic rings. The number of hydrogen-bond donors (Lipinski definition) is 0. The summed E-state index contributed by atoms with van der Waals surface area (Å²) in [5, 5.41) is 0. The highest BCUT2D eigenvalue weighted by atomic mass is 16.6. The van der Waals surface area contributed by atoms with Gasteiger partial charge in [-0.3, -0.25) is 4.99 Å². The molecule has 2 aliphatic rings. The number of ether oxygens (including phenoxy) is 1. The van der Waals surface area contributed by atoms with E-state index in [4.69, 9.17) is 4.74 Å². The summed E-state index contributed by atoms with van der Waals surface area (Å²) in [6, 6.07) is 0. The Morgan fingerprint density at radius 2 is 2.11 bits per heavy atom. The zero-order valence-corrected chi connectivity index (χ0v) is 11.9. The summed E-state index contributed by atoms with van der Waals surface area (Å²) in [7, 11) is 0. The molecule has 0 aromatic carbocycles. The third-order valence-electron chi connectivity index (χ3n) is 3.30. The smallest absolute Gasteiger partial charge is 0.410 e. The molecule has 0 saturated carbocycles. The summed E-state index contributed by atoms with van der Waals surface area (Å²) in [6.07, 6.45) is 1.66. The van der Waals surface area contributed by atoms with Gasteiger partial charge in [0.1, 0.15) is 5.60 Å². The molecule has 4 heteroatoms. The number of aliphatic imine (C=N–C) groups is 1. The van der Waals surface area contributed by atoms with Crippen molar-refractivity contribution < 1.29 is 9.53 Å². The molecule has 0 aromatic heterocycles. The Labute approximate surface area is 109 Å². The van der Waals surface area contributed by atoms with Gasteiger partial charge in [-0.05, 0) is 31.9 Å². The van der Waals surface area contributed by atoms with E-state index in [1.165, 1.54) is 11.1 Å². The predicted octanol–water partition coefficient (Wildman–Crippen LogP) is 2.64. The Kier molecular flexibility index (Phi) is 2.99. The van der Waals surface area contributed by atoms with Gasteiger partial charge in [0.25, 0.3) is 0 Å². The van der Waals surface area contributed by atoms with E-state index in [1.54, 1.807) is 4.90 Å². The highest BCUT2D eigenvalue weighted by Gasteiger charge is 2.37. The van der Waals surface area contributed by atoms with Crippen LogP contribution in [0.5, 0.6) is 0 Å². The Morgan fingerprint density at radius 1 is 1.44 bits per heavy atom. The second-order valence-corrected chi connectivity index (χ2v) is 6.69. The molecular weight excluding hydrogens is 228 g/mol. The number of hydrogen-bond acceptors (Lipinski definition) is 3. The van der Waals surface area contributed by atoms with Crippen molar-refractivity contribution in [2.24, 2.45) is 10.4 Å². The highest BCUT2D eigenvalue weighted by molar-refractivity contribution is 5.85. The highest BCUT2D eigenvalue weighted by Crippen LogP contribution is 2.36. The minimum absolute atomic E-state index is 0.0129. The largest absolute Gasteiger partial charge is 0.444 e. The third-order valence-corrected chi connectivity index (χ3v) is 3.30. The van der Waals surface area contributed by atoms with Crippen LogP contribution in [0.4, 0.5) is 4.79 Å². The first kappa shape index (κ1) is 13.1. The molecule has 0 atom stereocenters. The number of nitrogens with zero attached hydrogens (tertiary/aromatic N) is 2. The van der Waals surface area contributed by atoms with Gasteiger partial charge in [-0.2, -0.15) is 0 Å². The lowest BCUT2D eigenvalue weighted by Gasteiger charge is -2.39. The van der Waals surface area contributed by atoms with Gasteiger partial charge in [-0.25, -0.2) is 4.79 Å². The van der Waals surface area contributed by atoms with Crippen LogP contribution in [0.3, 0.4) is 0 Å². The van der Waals surface area contributed by atoms with Crippen molar-refractivity contribution in [3.8, 4) is 0 Å². The molecule has 0 unspecified atom stereocenters.